The second kappa shape index (κ2) is 5.94. The van der Waals surface area contributed by atoms with Gasteiger partial charge in [-0.3, -0.25) is 0 Å². The zero-order valence-corrected chi connectivity index (χ0v) is 9.96. The highest BCUT2D eigenvalue weighted by Crippen LogP contribution is 2.22. The van der Waals surface area contributed by atoms with E-state index in [4.69, 9.17) is 5.73 Å². The van der Waals surface area contributed by atoms with E-state index in [0.717, 1.165) is 16.3 Å². The summed E-state index contributed by atoms with van der Waals surface area (Å²) >= 11 is 0. The Labute approximate surface area is 105 Å². The van der Waals surface area contributed by atoms with Crippen LogP contribution in [0, 0.1) is 0 Å². The molecule has 0 aliphatic carbocycles. The highest BCUT2D eigenvalue weighted by molar-refractivity contribution is 5.85. The number of alkyl halides is 2. The van der Waals surface area contributed by atoms with Gasteiger partial charge in [-0.05, 0) is 22.4 Å². The average Bonchev–Trinajstić information content (AvgIpc) is 2.27. The molecule has 2 aromatic rings. The molecule has 0 fully saturated rings. The summed E-state index contributed by atoms with van der Waals surface area (Å²) in [6.07, 6.45) is -2.65. The summed E-state index contributed by atoms with van der Waals surface area (Å²) in [5.41, 5.74) is 6.47. The van der Waals surface area contributed by atoms with Crippen molar-refractivity contribution in [3.05, 3.63) is 48.0 Å². The van der Waals surface area contributed by atoms with E-state index in [9.17, 15) is 8.78 Å². The number of halogens is 3. The second-order valence-electron chi connectivity index (χ2n) is 3.84. The quantitative estimate of drug-likeness (QED) is 0.886. The van der Waals surface area contributed by atoms with Crippen molar-refractivity contribution in [3.8, 4) is 0 Å². The fourth-order valence-corrected chi connectivity index (χ4v) is 1.77. The molecule has 1 nitrogen and oxygen atoms in total. The Hall–Kier alpha value is -1.19. The largest absolute Gasteiger partial charge is 0.324 e. The molecule has 0 saturated heterocycles. The molecular weight excluding hydrogens is 244 g/mol. The predicted molar refractivity (Wildman–Crippen MR) is 68.7 cm³/mol. The summed E-state index contributed by atoms with van der Waals surface area (Å²) in [7, 11) is 0. The summed E-state index contributed by atoms with van der Waals surface area (Å²) in [4.78, 5) is 0. The normalized spacial score (nSPS) is 12.5. The molecule has 0 aliphatic heterocycles. The number of nitrogens with two attached hydrogens (primary N) is 1. The number of hydrogen-bond acceptors (Lipinski definition) is 1. The van der Waals surface area contributed by atoms with E-state index in [1.807, 2.05) is 42.5 Å². The minimum absolute atomic E-state index is 0. The van der Waals surface area contributed by atoms with Gasteiger partial charge in [0.15, 0.2) is 0 Å². The van der Waals surface area contributed by atoms with Crippen molar-refractivity contribution >= 4 is 23.2 Å². The van der Waals surface area contributed by atoms with Crippen LogP contribution in [-0.2, 0) is 0 Å². The minimum atomic E-state index is -2.36. The van der Waals surface area contributed by atoms with Crippen molar-refractivity contribution in [2.45, 2.75) is 18.9 Å². The van der Waals surface area contributed by atoms with Gasteiger partial charge in [-0.1, -0.05) is 36.4 Å². The van der Waals surface area contributed by atoms with Crippen LogP contribution in [0.4, 0.5) is 8.78 Å². The molecule has 2 N–H and O–H groups in total. The molecule has 0 spiro atoms. The maximum absolute atomic E-state index is 12.2. The molecular formula is C13H14ClF2N. The molecule has 17 heavy (non-hydrogen) atoms. The topological polar surface area (TPSA) is 26.0 Å². The van der Waals surface area contributed by atoms with Crippen molar-refractivity contribution in [3.63, 3.8) is 0 Å². The van der Waals surface area contributed by atoms with Gasteiger partial charge in [0.25, 0.3) is 0 Å². The van der Waals surface area contributed by atoms with Crippen LogP contribution in [0.25, 0.3) is 10.8 Å². The standard InChI is InChI=1S/C13H13F2N.ClH/c14-13(15)8-12(16)11-6-5-9-3-1-2-4-10(9)7-11;/h1-7,12-13H,8,16H2;1H/t12-;/m0./s1. The summed E-state index contributed by atoms with van der Waals surface area (Å²) in [6, 6.07) is 12.8. The van der Waals surface area contributed by atoms with Gasteiger partial charge < -0.3 is 5.73 Å². The molecule has 0 amide bonds. The van der Waals surface area contributed by atoms with Crippen LogP contribution < -0.4 is 5.73 Å². The Bertz CT molecular complexity index is 488. The third-order valence-electron chi connectivity index (χ3n) is 2.63. The first-order valence-corrected chi connectivity index (χ1v) is 5.19. The average molecular weight is 258 g/mol. The van der Waals surface area contributed by atoms with Gasteiger partial charge >= 0.3 is 0 Å². The molecule has 92 valence electrons. The first-order chi connectivity index (χ1) is 7.66. The molecule has 2 rings (SSSR count). The van der Waals surface area contributed by atoms with Crippen molar-refractivity contribution in [1.82, 2.24) is 0 Å². The zero-order valence-electron chi connectivity index (χ0n) is 9.14. The third kappa shape index (κ3) is 3.38. The Morgan fingerprint density at radius 3 is 2.29 bits per heavy atom. The predicted octanol–water partition coefficient (Wildman–Crippen LogP) is 3.92. The molecule has 0 saturated carbocycles. The molecule has 0 unspecified atom stereocenters. The van der Waals surface area contributed by atoms with Crippen molar-refractivity contribution < 1.29 is 8.78 Å². The van der Waals surface area contributed by atoms with Gasteiger partial charge in [-0.2, -0.15) is 0 Å². The fraction of sp³-hybridized carbons (Fsp3) is 0.231. The molecule has 1 atom stereocenters. The highest BCUT2D eigenvalue weighted by atomic mass is 35.5. The van der Waals surface area contributed by atoms with Crippen LogP contribution in [0.5, 0.6) is 0 Å². The minimum Gasteiger partial charge on any atom is -0.324 e. The Kier molecular flexibility index (Phi) is 4.85. The van der Waals surface area contributed by atoms with E-state index in [2.05, 4.69) is 0 Å². The second-order valence-corrected chi connectivity index (χ2v) is 3.84. The van der Waals surface area contributed by atoms with Gasteiger partial charge in [-0.25, -0.2) is 8.78 Å². The van der Waals surface area contributed by atoms with Gasteiger partial charge in [0.2, 0.25) is 6.43 Å². The summed E-state index contributed by atoms with van der Waals surface area (Å²) in [5.74, 6) is 0. The maximum atomic E-state index is 12.2. The molecule has 0 aromatic heterocycles. The Balaban J connectivity index is 0.00000144. The van der Waals surface area contributed by atoms with E-state index in [-0.39, 0.29) is 18.8 Å². The van der Waals surface area contributed by atoms with Gasteiger partial charge in [-0.15, -0.1) is 12.4 Å². The smallest absolute Gasteiger partial charge is 0.240 e. The van der Waals surface area contributed by atoms with E-state index < -0.39 is 12.5 Å². The molecule has 0 heterocycles. The first kappa shape index (κ1) is 13.9. The number of fused-ring (bicyclic) bond motifs is 1. The fourth-order valence-electron chi connectivity index (χ4n) is 1.77. The van der Waals surface area contributed by atoms with Gasteiger partial charge in [0.1, 0.15) is 0 Å². The van der Waals surface area contributed by atoms with Crippen LogP contribution in [-0.4, -0.2) is 6.43 Å². The van der Waals surface area contributed by atoms with Gasteiger partial charge in [0, 0.05) is 12.5 Å². The Morgan fingerprint density at radius 2 is 1.65 bits per heavy atom. The molecule has 4 heteroatoms. The van der Waals surface area contributed by atoms with Crippen LogP contribution in [0.1, 0.15) is 18.0 Å². The number of hydrogen-bond donors (Lipinski definition) is 1. The summed E-state index contributed by atoms with van der Waals surface area (Å²) in [6.45, 7) is 0. The van der Waals surface area contributed by atoms with Crippen molar-refractivity contribution in [2.24, 2.45) is 5.73 Å². The molecule has 2 aromatic carbocycles. The lowest BCUT2D eigenvalue weighted by Gasteiger charge is -2.12. The molecule has 0 bridgehead atoms. The van der Waals surface area contributed by atoms with Crippen LogP contribution in [0.3, 0.4) is 0 Å². The lowest BCUT2D eigenvalue weighted by atomic mass is 10.0. The van der Waals surface area contributed by atoms with E-state index in [1.165, 1.54) is 0 Å². The van der Waals surface area contributed by atoms with Crippen molar-refractivity contribution in [1.29, 1.82) is 0 Å². The highest BCUT2D eigenvalue weighted by Gasteiger charge is 2.12. The molecule has 0 aliphatic rings. The van der Waals surface area contributed by atoms with Gasteiger partial charge in [0.05, 0.1) is 0 Å². The summed E-state index contributed by atoms with van der Waals surface area (Å²) in [5, 5.41) is 2.13. The lowest BCUT2D eigenvalue weighted by molar-refractivity contribution is 0.128. The number of rotatable bonds is 3. The van der Waals surface area contributed by atoms with Crippen molar-refractivity contribution in [2.75, 3.05) is 0 Å². The Morgan fingerprint density at radius 1 is 1.00 bits per heavy atom. The maximum Gasteiger partial charge on any atom is 0.240 e. The van der Waals surface area contributed by atoms with Crippen LogP contribution >= 0.6 is 12.4 Å². The zero-order chi connectivity index (χ0) is 11.5. The van der Waals surface area contributed by atoms with Crippen LogP contribution in [0.2, 0.25) is 0 Å². The SMILES string of the molecule is Cl.N[C@@H](CC(F)F)c1ccc2ccccc2c1. The number of benzene rings is 2. The van der Waals surface area contributed by atoms with Crippen LogP contribution in [0.15, 0.2) is 42.5 Å². The van der Waals surface area contributed by atoms with E-state index >= 15 is 0 Å². The lowest BCUT2D eigenvalue weighted by Crippen LogP contribution is -2.13. The third-order valence-corrected chi connectivity index (χ3v) is 2.63. The first-order valence-electron chi connectivity index (χ1n) is 5.19. The molecule has 0 radical (unpaired) electrons. The monoisotopic (exact) mass is 257 g/mol. The van der Waals surface area contributed by atoms with E-state index in [0.29, 0.717) is 0 Å². The summed E-state index contributed by atoms with van der Waals surface area (Å²) < 4.78 is 24.4. The van der Waals surface area contributed by atoms with E-state index in [1.54, 1.807) is 0 Å².